The van der Waals surface area contributed by atoms with Gasteiger partial charge < -0.3 is 18.0 Å². The third kappa shape index (κ3) is 4.89. The Labute approximate surface area is 110 Å². The largest absolute Gasteiger partial charge is 0.543 e. The van der Waals surface area contributed by atoms with Gasteiger partial charge in [-0.1, -0.05) is 6.58 Å². The van der Waals surface area contributed by atoms with Crippen molar-refractivity contribution in [2.75, 3.05) is 19.8 Å². The van der Waals surface area contributed by atoms with Crippen molar-refractivity contribution in [3.05, 3.63) is 12.2 Å². The number of hydrogen-bond acceptors (Lipinski definition) is 5. The molecule has 0 aromatic carbocycles. The lowest BCUT2D eigenvalue weighted by Crippen LogP contribution is -2.57. The summed E-state index contributed by atoms with van der Waals surface area (Å²) in [5.41, 5.74) is -0.212. The highest BCUT2D eigenvalue weighted by molar-refractivity contribution is 6.62. The predicted molar refractivity (Wildman–Crippen MR) is 71.0 cm³/mol. The molecule has 106 valence electrons. The molecule has 0 amide bonds. The van der Waals surface area contributed by atoms with Crippen molar-refractivity contribution in [3.8, 4) is 0 Å². The quantitative estimate of drug-likeness (QED) is 0.367. The van der Waals surface area contributed by atoms with Crippen molar-refractivity contribution >= 4 is 14.8 Å². The Morgan fingerprint density at radius 2 is 1.50 bits per heavy atom. The minimum absolute atomic E-state index is 0.342. The molecule has 6 heteroatoms. The fourth-order valence-corrected chi connectivity index (χ4v) is 3.83. The third-order valence-electron chi connectivity index (χ3n) is 2.17. The summed E-state index contributed by atoms with van der Waals surface area (Å²) in [6.45, 7) is 13.8. The van der Waals surface area contributed by atoms with E-state index in [1.807, 2.05) is 20.8 Å². The van der Waals surface area contributed by atoms with Crippen LogP contribution in [-0.4, -0.2) is 40.3 Å². The molecule has 0 rings (SSSR count). The van der Waals surface area contributed by atoms with Gasteiger partial charge >= 0.3 is 14.8 Å². The molecule has 1 unspecified atom stereocenters. The zero-order chi connectivity index (χ0) is 14.2. The second-order valence-corrected chi connectivity index (χ2v) is 6.62. The molecular formula is C12H24O5Si. The molecule has 1 atom stereocenters. The van der Waals surface area contributed by atoms with Gasteiger partial charge in [0.15, 0.2) is 5.73 Å². The van der Waals surface area contributed by atoms with Crippen LogP contribution in [0.25, 0.3) is 0 Å². The first-order chi connectivity index (χ1) is 8.43. The lowest BCUT2D eigenvalue weighted by molar-refractivity contribution is -0.143. The molecule has 0 aromatic heterocycles. The smallest absolute Gasteiger partial charge is 0.455 e. The Balaban J connectivity index is 4.89. The Morgan fingerprint density at radius 3 is 1.78 bits per heavy atom. The zero-order valence-corrected chi connectivity index (χ0v) is 12.9. The fourth-order valence-electron chi connectivity index (χ4n) is 1.41. The van der Waals surface area contributed by atoms with E-state index in [-0.39, 0.29) is 0 Å². The lowest BCUT2D eigenvalue weighted by Gasteiger charge is -2.32. The number of rotatable bonds is 9. The first-order valence-corrected chi connectivity index (χ1v) is 8.02. The highest BCUT2D eigenvalue weighted by atomic mass is 28.4. The van der Waals surface area contributed by atoms with Crippen LogP contribution in [0.1, 0.15) is 34.6 Å². The highest BCUT2D eigenvalue weighted by Gasteiger charge is 2.49. The van der Waals surface area contributed by atoms with Gasteiger partial charge in [-0.3, -0.25) is 0 Å². The third-order valence-corrected chi connectivity index (χ3v) is 5.35. The minimum atomic E-state index is -2.99. The first-order valence-electron chi connectivity index (χ1n) is 6.21. The van der Waals surface area contributed by atoms with E-state index in [2.05, 4.69) is 6.58 Å². The number of carbonyl (C=O) groups excluding carboxylic acids is 1. The van der Waals surface area contributed by atoms with Gasteiger partial charge in [-0.15, -0.1) is 0 Å². The summed E-state index contributed by atoms with van der Waals surface area (Å²) in [6.07, 6.45) is 0. The molecule has 0 aliphatic carbocycles. The normalized spacial score (nSPS) is 13.2. The molecule has 0 radical (unpaired) electrons. The number of hydrogen-bond donors (Lipinski definition) is 0. The second-order valence-electron chi connectivity index (χ2n) is 3.73. The Morgan fingerprint density at radius 1 is 1.11 bits per heavy atom. The van der Waals surface area contributed by atoms with Crippen molar-refractivity contribution < 1.29 is 22.8 Å². The lowest BCUT2D eigenvalue weighted by atomic mass is 10.4. The molecule has 0 aliphatic heterocycles. The molecule has 0 heterocycles. The molecule has 0 fully saturated rings. The monoisotopic (exact) mass is 276 g/mol. The van der Waals surface area contributed by atoms with Crippen LogP contribution in [0.15, 0.2) is 12.2 Å². The average Bonchev–Trinajstić information content (AvgIpc) is 2.29. The molecule has 0 spiro atoms. The molecule has 0 N–H and O–H groups in total. The standard InChI is InChI=1S/C12H24O5Si/c1-7-14-18(15-8-2,16-9-3)11(6)17-12(13)10(4)5/h11H,4,7-9H2,1-3,5-6H3. The van der Waals surface area contributed by atoms with E-state index < -0.39 is 20.5 Å². The maximum absolute atomic E-state index is 11.5. The van der Waals surface area contributed by atoms with Crippen LogP contribution in [0.4, 0.5) is 0 Å². The van der Waals surface area contributed by atoms with E-state index in [9.17, 15) is 4.79 Å². The summed E-state index contributed by atoms with van der Waals surface area (Å²) >= 11 is 0. The van der Waals surface area contributed by atoms with Crippen LogP contribution in [0.5, 0.6) is 0 Å². The summed E-state index contributed by atoms with van der Waals surface area (Å²) in [4.78, 5) is 11.5. The van der Waals surface area contributed by atoms with Crippen molar-refractivity contribution in [3.63, 3.8) is 0 Å². The summed E-state index contributed by atoms with van der Waals surface area (Å²) < 4.78 is 22.2. The molecule has 18 heavy (non-hydrogen) atoms. The van der Waals surface area contributed by atoms with E-state index >= 15 is 0 Å². The summed E-state index contributed by atoms with van der Waals surface area (Å²) in [5, 5.41) is 0. The average molecular weight is 276 g/mol. The summed E-state index contributed by atoms with van der Waals surface area (Å²) in [7, 11) is -2.99. The predicted octanol–water partition coefficient (Wildman–Crippen LogP) is 2.08. The van der Waals surface area contributed by atoms with Gasteiger partial charge in [-0.25, -0.2) is 4.79 Å². The molecule has 0 bridgehead atoms. The summed E-state index contributed by atoms with van der Waals surface area (Å²) in [5.74, 6) is -0.460. The number of carbonyl (C=O) groups is 1. The van der Waals surface area contributed by atoms with Gasteiger partial charge in [-0.2, -0.15) is 0 Å². The topological polar surface area (TPSA) is 54.0 Å². The van der Waals surface area contributed by atoms with E-state index in [0.29, 0.717) is 25.4 Å². The van der Waals surface area contributed by atoms with Crippen LogP contribution in [0, 0.1) is 0 Å². The van der Waals surface area contributed by atoms with Crippen LogP contribution >= 0.6 is 0 Å². The molecular weight excluding hydrogens is 252 g/mol. The highest BCUT2D eigenvalue weighted by Crippen LogP contribution is 2.18. The van der Waals surface area contributed by atoms with Gasteiger partial charge in [0.25, 0.3) is 0 Å². The number of ether oxygens (including phenoxy) is 1. The maximum Gasteiger partial charge on any atom is 0.543 e. The fraction of sp³-hybridized carbons (Fsp3) is 0.750. The van der Waals surface area contributed by atoms with E-state index in [1.165, 1.54) is 0 Å². The van der Waals surface area contributed by atoms with Gasteiger partial charge in [0.05, 0.1) is 0 Å². The SMILES string of the molecule is C=C(C)C(=O)OC(C)[Si](OCC)(OCC)OCC. The van der Waals surface area contributed by atoms with Crippen molar-refractivity contribution in [1.82, 2.24) is 0 Å². The van der Waals surface area contributed by atoms with Gasteiger partial charge in [-0.05, 0) is 34.6 Å². The summed E-state index contributed by atoms with van der Waals surface area (Å²) in [6, 6.07) is 0. The van der Waals surface area contributed by atoms with Gasteiger partial charge in [0.1, 0.15) is 0 Å². The van der Waals surface area contributed by atoms with E-state index in [1.54, 1.807) is 13.8 Å². The van der Waals surface area contributed by atoms with Crippen LogP contribution in [-0.2, 0) is 22.8 Å². The number of esters is 1. The van der Waals surface area contributed by atoms with Crippen LogP contribution in [0.3, 0.4) is 0 Å². The molecule has 0 aliphatic rings. The minimum Gasteiger partial charge on any atom is -0.455 e. The van der Waals surface area contributed by atoms with Crippen LogP contribution < -0.4 is 0 Å². The van der Waals surface area contributed by atoms with E-state index in [4.69, 9.17) is 18.0 Å². The maximum atomic E-state index is 11.5. The van der Waals surface area contributed by atoms with Gasteiger partial charge in [0, 0.05) is 25.4 Å². The Hall–Kier alpha value is -0.693. The molecule has 0 aromatic rings. The van der Waals surface area contributed by atoms with Crippen molar-refractivity contribution in [2.45, 2.75) is 40.3 Å². The molecule has 5 nitrogen and oxygen atoms in total. The first kappa shape index (κ1) is 17.3. The zero-order valence-electron chi connectivity index (χ0n) is 11.9. The van der Waals surface area contributed by atoms with Crippen molar-refractivity contribution in [1.29, 1.82) is 0 Å². The van der Waals surface area contributed by atoms with Gasteiger partial charge in [0.2, 0.25) is 0 Å². The molecule has 0 saturated heterocycles. The Kier molecular flexibility index (Phi) is 8.09. The van der Waals surface area contributed by atoms with E-state index in [0.717, 1.165) is 0 Å². The molecule has 0 saturated carbocycles. The van der Waals surface area contributed by atoms with Crippen molar-refractivity contribution in [2.24, 2.45) is 0 Å². The Bertz CT molecular complexity index is 263. The van der Waals surface area contributed by atoms with Crippen LogP contribution in [0.2, 0.25) is 0 Å². The second kappa shape index (κ2) is 8.42.